The SMILES string of the molecule is O=C(O)COc1ccccc1CN1CCC2NCCCC2(C(=O)O)C1. The molecule has 2 aliphatic heterocycles. The van der Waals surface area contributed by atoms with Gasteiger partial charge in [0.2, 0.25) is 0 Å². The molecule has 0 saturated carbocycles. The van der Waals surface area contributed by atoms with Crippen molar-refractivity contribution in [2.24, 2.45) is 5.41 Å². The fraction of sp³-hybridized carbons (Fsp3) is 0.556. The molecule has 2 atom stereocenters. The Bertz CT molecular complexity index is 650. The molecule has 2 aliphatic rings. The molecular weight excluding hydrogens is 324 g/mol. The molecule has 2 unspecified atom stereocenters. The molecule has 0 amide bonds. The van der Waals surface area contributed by atoms with E-state index in [0.717, 1.165) is 31.5 Å². The normalized spacial score (nSPS) is 26.6. The van der Waals surface area contributed by atoms with Gasteiger partial charge in [0.05, 0.1) is 5.41 Å². The summed E-state index contributed by atoms with van der Waals surface area (Å²) in [5, 5.41) is 22.0. The van der Waals surface area contributed by atoms with Gasteiger partial charge in [-0.05, 0) is 31.9 Å². The van der Waals surface area contributed by atoms with E-state index in [1.54, 1.807) is 12.1 Å². The van der Waals surface area contributed by atoms with Crippen LogP contribution in [0.5, 0.6) is 5.75 Å². The number of rotatable bonds is 6. The zero-order valence-corrected chi connectivity index (χ0v) is 14.1. The molecule has 0 aromatic heterocycles. The van der Waals surface area contributed by atoms with Crippen LogP contribution in [0.4, 0.5) is 0 Å². The lowest BCUT2D eigenvalue weighted by Gasteiger charge is -2.48. The van der Waals surface area contributed by atoms with Gasteiger partial charge in [0, 0.05) is 31.2 Å². The highest BCUT2D eigenvalue weighted by Crippen LogP contribution is 2.38. The monoisotopic (exact) mass is 348 g/mol. The Hall–Kier alpha value is -2.12. The van der Waals surface area contributed by atoms with Crippen LogP contribution in [-0.2, 0) is 16.1 Å². The summed E-state index contributed by atoms with van der Waals surface area (Å²) in [7, 11) is 0. The molecule has 3 rings (SSSR count). The average Bonchev–Trinajstić information content (AvgIpc) is 2.60. The number of ether oxygens (including phenoxy) is 1. The minimum atomic E-state index is -1.02. The molecule has 7 heteroatoms. The first-order valence-electron chi connectivity index (χ1n) is 8.63. The minimum absolute atomic E-state index is 0.0218. The molecule has 2 saturated heterocycles. The number of carbonyl (C=O) groups is 2. The van der Waals surface area contributed by atoms with Crippen molar-refractivity contribution in [3.8, 4) is 5.75 Å². The number of nitrogens with one attached hydrogen (secondary N) is 1. The first kappa shape index (κ1) is 17.7. The third-order valence-electron chi connectivity index (χ3n) is 5.24. The molecule has 2 fully saturated rings. The van der Waals surface area contributed by atoms with E-state index in [-0.39, 0.29) is 12.6 Å². The maximum atomic E-state index is 12.0. The number of para-hydroxylation sites is 1. The average molecular weight is 348 g/mol. The van der Waals surface area contributed by atoms with Crippen LogP contribution in [0.3, 0.4) is 0 Å². The lowest BCUT2D eigenvalue weighted by atomic mass is 9.70. The van der Waals surface area contributed by atoms with Gasteiger partial charge >= 0.3 is 11.9 Å². The molecule has 1 aromatic carbocycles. The van der Waals surface area contributed by atoms with Gasteiger partial charge < -0.3 is 20.3 Å². The number of carboxylic acids is 2. The van der Waals surface area contributed by atoms with Crippen molar-refractivity contribution in [2.75, 3.05) is 26.2 Å². The Morgan fingerprint density at radius 1 is 1.32 bits per heavy atom. The summed E-state index contributed by atoms with van der Waals surface area (Å²) in [5.74, 6) is -1.21. The first-order valence-corrected chi connectivity index (χ1v) is 8.63. The van der Waals surface area contributed by atoms with Gasteiger partial charge in [-0.25, -0.2) is 4.79 Å². The van der Waals surface area contributed by atoms with E-state index in [9.17, 15) is 14.7 Å². The summed E-state index contributed by atoms with van der Waals surface area (Å²) < 4.78 is 5.36. The van der Waals surface area contributed by atoms with Crippen LogP contribution in [0.25, 0.3) is 0 Å². The minimum Gasteiger partial charge on any atom is -0.482 e. The van der Waals surface area contributed by atoms with Crippen molar-refractivity contribution in [1.82, 2.24) is 10.2 Å². The summed E-state index contributed by atoms with van der Waals surface area (Å²) in [6.07, 6.45) is 2.35. The van der Waals surface area contributed by atoms with Gasteiger partial charge in [-0.15, -0.1) is 0 Å². The van der Waals surface area contributed by atoms with E-state index in [4.69, 9.17) is 9.84 Å². The summed E-state index contributed by atoms with van der Waals surface area (Å²) in [4.78, 5) is 24.9. The fourth-order valence-corrected chi connectivity index (χ4v) is 4.02. The van der Waals surface area contributed by atoms with Crippen LogP contribution >= 0.6 is 0 Å². The quantitative estimate of drug-likeness (QED) is 0.710. The number of fused-ring (bicyclic) bond motifs is 1. The molecule has 25 heavy (non-hydrogen) atoms. The van der Waals surface area contributed by atoms with E-state index in [1.165, 1.54) is 0 Å². The second-order valence-electron chi connectivity index (χ2n) is 6.86. The van der Waals surface area contributed by atoms with Crippen LogP contribution in [0.1, 0.15) is 24.8 Å². The summed E-state index contributed by atoms with van der Waals surface area (Å²) >= 11 is 0. The van der Waals surface area contributed by atoms with Crippen LogP contribution in [0.15, 0.2) is 24.3 Å². The second-order valence-corrected chi connectivity index (χ2v) is 6.86. The third-order valence-corrected chi connectivity index (χ3v) is 5.24. The van der Waals surface area contributed by atoms with Crippen molar-refractivity contribution in [3.05, 3.63) is 29.8 Å². The summed E-state index contributed by atoms with van der Waals surface area (Å²) in [6, 6.07) is 7.35. The zero-order chi connectivity index (χ0) is 17.9. The van der Waals surface area contributed by atoms with Crippen molar-refractivity contribution in [1.29, 1.82) is 0 Å². The maximum absolute atomic E-state index is 12.0. The zero-order valence-electron chi connectivity index (χ0n) is 14.1. The van der Waals surface area contributed by atoms with Crippen LogP contribution in [0, 0.1) is 5.41 Å². The number of carboxylic acid groups (broad SMARTS) is 2. The predicted octanol–water partition coefficient (Wildman–Crippen LogP) is 1.18. The fourth-order valence-electron chi connectivity index (χ4n) is 4.02. The van der Waals surface area contributed by atoms with Gasteiger partial charge in [-0.2, -0.15) is 0 Å². The number of nitrogens with zero attached hydrogens (tertiary/aromatic N) is 1. The number of likely N-dealkylation sites (tertiary alicyclic amines) is 1. The number of aliphatic carboxylic acids is 2. The van der Waals surface area contributed by atoms with Gasteiger partial charge in [0.15, 0.2) is 6.61 Å². The van der Waals surface area contributed by atoms with Crippen LogP contribution in [0.2, 0.25) is 0 Å². The number of piperidine rings is 2. The van der Waals surface area contributed by atoms with Gasteiger partial charge in [0.1, 0.15) is 5.75 Å². The molecule has 0 radical (unpaired) electrons. The molecule has 0 aliphatic carbocycles. The maximum Gasteiger partial charge on any atom is 0.341 e. The largest absolute Gasteiger partial charge is 0.482 e. The molecule has 2 heterocycles. The van der Waals surface area contributed by atoms with Gasteiger partial charge in [-0.3, -0.25) is 9.69 Å². The predicted molar refractivity (Wildman–Crippen MR) is 90.6 cm³/mol. The number of benzene rings is 1. The Labute approximate surface area is 146 Å². The molecule has 136 valence electrons. The molecule has 0 bridgehead atoms. The topological polar surface area (TPSA) is 99.1 Å². The van der Waals surface area contributed by atoms with E-state index < -0.39 is 17.4 Å². The number of hydrogen-bond donors (Lipinski definition) is 3. The highest BCUT2D eigenvalue weighted by atomic mass is 16.5. The van der Waals surface area contributed by atoms with Crippen molar-refractivity contribution >= 4 is 11.9 Å². The first-order chi connectivity index (χ1) is 12.0. The van der Waals surface area contributed by atoms with E-state index in [1.807, 2.05) is 12.1 Å². The summed E-state index contributed by atoms with van der Waals surface area (Å²) in [5.41, 5.74) is 0.138. The molecule has 3 N–H and O–H groups in total. The highest BCUT2D eigenvalue weighted by Gasteiger charge is 2.50. The van der Waals surface area contributed by atoms with Gasteiger partial charge in [-0.1, -0.05) is 18.2 Å². The lowest BCUT2D eigenvalue weighted by molar-refractivity contribution is -0.157. The highest BCUT2D eigenvalue weighted by molar-refractivity contribution is 5.76. The van der Waals surface area contributed by atoms with Crippen LogP contribution < -0.4 is 10.1 Å². The Morgan fingerprint density at radius 3 is 2.88 bits per heavy atom. The van der Waals surface area contributed by atoms with Crippen LogP contribution in [-0.4, -0.2) is 59.3 Å². The van der Waals surface area contributed by atoms with E-state index in [2.05, 4.69) is 10.2 Å². The van der Waals surface area contributed by atoms with E-state index in [0.29, 0.717) is 25.3 Å². The smallest absolute Gasteiger partial charge is 0.341 e. The van der Waals surface area contributed by atoms with Crippen molar-refractivity contribution in [3.63, 3.8) is 0 Å². The summed E-state index contributed by atoms with van der Waals surface area (Å²) in [6.45, 7) is 2.35. The molecule has 0 spiro atoms. The Morgan fingerprint density at radius 2 is 2.12 bits per heavy atom. The van der Waals surface area contributed by atoms with Crippen molar-refractivity contribution < 1.29 is 24.5 Å². The second kappa shape index (κ2) is 7.41. The lowest BCUT2D eigenvalue weighted by Crippen LogP contribution is -2.62. The number of hydrogen-bond acceptors (Lipinski definition) is 5. The molecule has 7 nitrogen and oxygen atoms in total. The molecule has 1 aromatic rings. The van der Waals surface area contributed by atoms with Crippen molar-refractivity contribution in [2.45, 2.75) is 31.8 Å². The standard InChI is InChI=1S/C18H24N2O5/c21-16(22)11-25-14-5-2-1-4-13(14)10-20-9-6-15-18(12-20,17(23)24)7-3-8-19-15/h1-2,4-5,15,19H,3,6-12H2,(H,21,22)(H,23,24). The van der Waals surface area contributed by atoms with Gasteiger partial charge in [0.25, 0.3) is 0 Å². The third kappa shape index (κ3) is 3.77. The Balaban J connectivity index is 1.73. The Kier molecular flexibility index (Phi) is 5.24. The molecular formula is C18H24N2O5. The van der Waals surface area contributed by atoms with E-state index >= 15 is 0 Å².